The number of benzene rings is 1. The molecular weight excluding hydrogens is 290 g/mol. The summed E-state index contributed by atoms with van der Waals surface area (Å²) in [6.07, 6.45) is 2.80. The summed E-state index contributed by atoms with van der Waals surface area (Å²) in [6.45, 7) is 2.63. The minimum Gasteiger partial charge on any atom is -0.398 e. The van der Waals surface area contributed by atoms with Gasteiger partial charge in [0.15, 0.2) is 0 Å². The van der Waals surface area contributed by atoms with E-state index in [2.05, 4.69) is 10.4 Å². The zero-order valence-electron chi connectivity index (χ0n) is 12.0. The van der Waals surface area contributed by atoms with Crippen LogP contribution in [0.5, 0.6) is 0 Å². The maximum atomic E-state index is 11.3. The van der Waals surface area contributed by atoms with Crippen LogP contribution < -0.4 is 16.2 Å². The summed E-state index contributed by atoms with van der Waals surface area (Å²) in [5.41, 5.74) is 8.70. The van der Waals surface area contributed by atoms with Gasteiger partial charge in [-0.25, -0.2) is 13.6 Å². The highest BCUT2D eigenvalue weighted by atomic mass is 32.2. The molecule has 0 aliphatic heterocycles. The highest BCUT2D eigenvalue weighted by molar-refractivity contribution is 7.89. The fourth-order valence-corrected chi connectivity index (χ4v) is 2.79. The molecule has 0 atom stereocenters. The van der Waals surface area contributed by atoms with Crippen molar-refractivity contribution >= 4 is 21.4 Å². The molecule has 0 aliphatic carbocycles. The fourth-order valence-electron chi connectivity index (χ4n) is 2.14. The van der Waals surface area contributed by atoms with E-state index in [-0.39, 0.29) is 10.6 Å². The second-order valence-corrected chi connectivity index (χ2v) is 6.31. The van der Waals surface area contributed by atoms with Crippen LogP contribution >= 0.6 is 0 Å². The second kappa shape index (κ2) is 5.74. The number of primary sulfonamides is 1. The molecule has 114 valence electrons. The quantitative estimate of drug-likeness (QED) is 0.707. The predicted molar refractivity (Wildman–Crippen MR) is 82.1 cm³/mol. The van der Waals surface area contributed by atoms with Gasteiger partial charge in [0.2, 0.25) is 10.0 Å². The van der Waals surface area contributed by atoms with Gasteiger partial charge < -0.3 is 11.1 Å². The van der Waals surface area contributed by atoms with Crippen molar-refractivity contribution in [1.82, 2.24) is 9.78 Å². The van der Waals surface area contributed by atoms with Crippen LogP contribution in [-0.4, -0.2) is 18.2 Å². The Hall–Kier alpha value is -2.06. The Morgan fingerprint density at radius 2 is 2.10 bits per heavy atom. The summed E-state index contributed by atoms with van der Waals surface area (Å²) in [4.78, 5) is -0.0660. The minimum atomic E-state index is -3.79. The first kappa shape index (κ1) is 15.3. The third kappa shape index (κ3) is 3.53. The van der Waals surface area contributed by atoms with Gasteiger partial charge in [0.05, 0.1) is 11.4 Å². The normalized spacial score (nSPS) is 11.6. The smallest absolute Gasteiger partial charge is 0.240 e. The molecule has 0 amide bonds. The SMILES string of the molecule is CCc1nn(C)cc1CNc1ccc(S(N)(=O)=O)c(N)c1. The Kier molecular flexibility index (Phi) is 4.19. The van der Waals surface area contributed by atoms with E-state index < -0.39 is 10.0 Å². The van der Waals surface area contributed by atoms with Crippen molar-refractivity contribution in [3.8, 4) is 0 Å². The molecular formula is C13H19N5O2S. The molecule has 1 aromatic heterocycles. The van der Waals surface area contributed by atoms with E-state index in [4.69, 9.17) is 10.9 Å². The van der Waals surface area contributed by atoms with Crippen molar-refractivity contribution in [2.45, 2.75) is 24.8 Å². The van der Waals surface area contributed by atoms with E-state index in [1.165, 1.54) is 6.07 Å². The Balaban J connectivity index is 2.16. The highest BCUT2D eigenvalue weighted by Gasteiger charge is 2.12. The van der Waals surface area contributed by atoms with E-state index in [9.17, 15) is 8.42 Å². The lowest BCUT2D eigenvalue weighted by atomic mass is 10.2. The summed E-state index contributed by atoms with van der Waals surface area (Å²) in [7, 11) is -1.91. The molecule has 0 saturated heterocycles. The van der Waals surface area contributed by atoms with Gasteiger partial charge in [-0.1, -0.05) is 6.92 Å². The Bertz CT molecular complexity index is 752. The van der Waals surface area contributed by atoms with Crippen LogP contribution in [0.15, 0.2) is 29.3 Å². The molecule has 0 radical (unpaired) electrons. The largest absolute Gasteiger partial charge is 0.398 e. The van der Waals surface area contributed by atoms with Crippen molar-refractivity contribution < 1.29 is 8.42 Å². The highest BCUT2D eigenvalue weighted by Crippen LogP contribution is 2.22. The van der Waals surface area contributed by atoms with E-state index in [0.29, 0.717) is 6.54 Å². The van der Waals surface area contributed by atoms with Crippen LogP contribution in [-0.2, 0) is 30.0 Å². The van der Waals surface area contributed by atoms with Crippen LogP contribution in [0.1, 0.15) is 18.2 Å². The van der Waals surface area contributed by atoms with Crippen LogP contribution in [0.25, 0.3) is 0 Å². The van der Waals surface area contributed by atoms with E-state index in [1.54, 1.807) is 16.8 Å². The summed E-state index contributed by atoms with van der Waals surface area (Å²) < 4.78 is 24.4. The molecule has 8 heteroatoms. The first-order valence-corrected chi connectivity index (χ1v) is 8.03. The zero-order valence-corrected chi connectivity index (χ0v) is 12.8. The molecule has 1 aromatic carbocycles. The fraction of sp³-hybridized carbons (Fsp3) is 0.308. The van der Waals surface area contributed by atoms with Crippen LogP contribution in [0.4, 0.5) is 11.4 Å². The predicted octanol–water partition coefficient (Wildman–Crippen LogP) is 0.824. The average molecular weight is 309 g/mol. The maximum absolute atomic E-state index is 11.3. The number of sulfonamides is 1. The number of aromatic nitrogens is 2. The monoisotopic (exact) mass is 309 g/mol. The van der Waals surface area contributed by atoms with Crippen molar-refractivity contribution in [2.24, 2.45) is 12.2 Å². The molecule has 0 aliphatic rings. The van der Waals surface area contributed by atoms with Gasteiger partial charge in [-0.05, 0) is 24.6 Å². The molecule has 7 nitrogen and oxygen atoms in total. The number of hydrogen-bond donors (Lipinski definition) is 3. The second-order valence-electron chi connectivity index (χ2n) is 4.78. The third-order valence-electron chi connectivity index (χ3n) is 3.13. The first-order valence-electron chi connectivity index (χ1n) is 6.49. The van der Waals surface area contributed by atoms with Crippen molar-refractivity contribution in [3.05, 3.63) is 35.7 Å². The standard InChI is InChI=1S/C13H19N5O2S/c1-3-12-9(8-18(2)17-12)7-16-10-4-5-13(11(14)6-10)21(15,19)20/h4-6,8,16H,3,7,14H2,1-2H3,(H2,15,19,20). The molecule has 21 heavy (non-hydrogen) atoms. The molecule has 2 rings (SSSR count). The van der Waals surface area contributed by atoms with Gasteiger partial charge >= 0.3 is 0 Å². The number of nitrogens with zero attached hydrogens (tertiary/aromatic N) is 2. The van der Waals surface area contributed by atoms with Crippen molar-refractivity contribution in [3.63, 3.8) is 0 Å². The van der Waals surface area contributed by atoms with Crippen molar-refractivity contribution in [1.29, 1.82) is 0 Å². The van der Waals surface area contributed by atoms with Crippen LogP contribution in [0.3, 0.4) is 0 Å². The van der Waals surface area contributed by atoms with Gasteiger partial charge in [-0.15, -0.1) is 0 Å². The summed E-state index contributed by atoms with van der Waals surface area (Å²) in [5, 5.41) is 12.6. The summed E-state index contributed by atoms with van der Waals surface area (Å²) in [6, 6.07) is 4.59. The Morgan fingerprint density at radius 1 is 1.38 bits per heavy atom. The topological polar surface area (TPSA) is 116 Å². The number of nitrogens with one attached hydrogen (secondary N) is 1. The lowest BCUT2D eigenvalue weighted by molar-refractivity contribution is 0.598. The molecule has 0 unspecified atom stereocenters. The Labute approximate surface area is 124 Å². The third-order valence-corrected chi connectivity index (χ3v) is 4.11. The molecule has 5 N–H and O–H groups in total. The van der Waals surface area contributed by atoms with Gasteiger partial charge in [-0.2, -0.15) is 5.10 Å². The van der Waals surface area contributed by atoms with E-state index >= 15 is 0 Å². The molecule has 1 heterocycles. The molecule has 2 aromatic rings. The summed E-state index contributed by atoms with van der Waals surface area (Å²) in [5.74, 6) is 0. The van der Waals surface area contributed by atoms with Crippen LogP contribution in [0, 0.1) is 0 Å². The maximum Gasteiger partial charge on any atom is 0.240 e. The number of nitrogen functional groups attached to an aromatic ring is 1. The van der Waals surface area contributed by atoms with E-state index in [1.807, 2.05) is 20.2 Å². The summed E-state index contributed by atoms with van der Waals surface area (Å²) >= 11 is 0. The van der Waals surface area contributed by atoms with Crippen LogP contribution in [0.2, 0.25) is 0 Å². The lowest BCUT2D eigenvalue weighted by Gasteiger charge is -2.09. The van der Waals surface area contributed by atoms with Gasteiger partial charge in [0.1, 0.15) is 4.90 Å². The molecule has 0 fully saturated rings. The van der Waals surface area contributed by atoms with Gasteiger partial charge in [-0.3, -0.25) is 4.68 Å². The number of hydrogen-bond acceptors (Lipinski definition) is 5. The van der Waals surface area contributed by atoms with Gasteiger partial charge in [0, 0.05) is 31.0 Å². The Morgan fingerprint density at radius 3 is 2.67 bits per heavy atom. The number of rotatable bonds is 5. The molecule has 0 bridgehead atoms. The zero-order chi connectivity index (χ0) is 15.6. The number of anilines is 2. The number of aryl methyl sites for hydroxylation is 2. The lowest BCUT2D eigenvalue weighted by Crippen LogP contribution is -2.14. The first-order chi connectivity index (χ1) is 9.81. The van der Waals surface area contributed by atoms with Crippen molar-refractivity contribution in [2.75, 3.05) is 11.1 Å². The number of nitrogens with two attached hydrogens (primary N) is 2. The van der Waals surface area contributed by atoms with Gasteiger partial charge in [0.25, 0.3) is 0 Å². The molecule has 0 saturated carbocycles. The average Bonchev–Trinajstić information content (AvgIpc) is 2.75. The molecule has 0 spiro atoms. The van der Waals surface area contributed by atoms with E-state index in [0.717, 1.165) is 23.4 Å². The minimum absolute atomic E-state index is 0.0660.